The number of carbonyl (C=O) groups excluding carboxylic acids is 2. The number of pyridine rings is 1. The highest BCUT2D eigenvalue weighted by atomic mass is 16.2. The van der Waals surface area contributed by atoms with Gasteiger partial charge in [-0.3, -0.25) is 10.1 Å². The number of aromatic nitrogens is 1. The van der Waals surface area contributed by atoms with Gasteiger partial charge in [-0.2, -0.15) is 4.57 Å². The van der Waals surface area contributed by atoms with E-state index in [9.17, 15) is 9.59 Å². The predicted octanol–water partition coefficient (Wildman–Crippen LogP) is 2.05. The summed E-state index contributed by atoms with van der Waals surface area (Å²) < 4.78 is 1.75. The van der Waals surface area contributed by atoms with E-state index in [2.05, 4.69) is 22.8 Å². The first-order valence-corrected chi connectivity index (χ1v) is 8.12. The fraction of sp³-hybridized carbons (Fsp3) is 0.316. The van der Waals surface area contributed by atoms with E-state index in [0.717, 1.165) is 6.42 Å². The summed E-state index contributed by atoms with van der Waals surface area (Å²) in [6, 6.07) is 13.7. The van der Waals surface area contributed by atoms with Crippen LogP contribution < -0.4 is 15.2 Å². The lowest BCUT2D eigenvalue weighted by Crippen LogP contribution is -2.47. The van der Waals surface area contributed by atoms with Crippen molar-refractivity contribution < 1.29 is 14.2 Å². The average molecular weight is 326 g/mol. The third kappa shape index (κ3) is 6.20. The Bertz CT molecular complexity index is 667. The Kier molecular flexibility index (Phi) is 6.49. The zero-order valence-electron chi connectivity index (χ0n) is 14.2. The Morgan fingerprint density at radius 2 is 1.62 bits per heavy atom. The molecule has 1 aromatic carbocycles. The number of nitrogens with zero attached hydrogens (tertiary/aromatic N) is 1. The van der Waals surface area contributed by atoms with Crippen LogP contribution >= 0.6 is 0 Å². The lowest BCUT2D eigenvalue weighted by molar-refractivity contribution is -0.684. The summed E-state index contributed by atoms with van der Waals surface area (Å²) in [6.07, 6.45) is 4.55. The van der Waals surface area contributed by atoms with Gasteiger partial charge in [0.15, 0.2) is 12.4 Å². The minimum atomic E-state index is -0.449. The Morgan fingerprint density at radius 1 is 1.00 bits per heavy atom. The molecule has 1 heterocycles. The largest absolute Gasteiger partial charge is 0.338 e. The predicted molar refractivity (Wildman–Crippen MR) is 92.3 cm³/mol. The molecule has 2 aromatic rings. The molecular weight excluding hydrogens is 302 g/mol. The molecule has 0 aliphatic carbocycles. The summed E-state index contributed by atoms with van der Waals surface area (Å²) in [7, 11) is 0. The van der Waals surface area contributed by atoms with Gasteiger partial charge in [0.05, 0.1) is 0 Å². The van der Waals surface area contributed by atoms with Crippen molar-refractivity contribution in [3.05, 3.63) is 66.0 Å². The molecule has 0 fully saturated rings. The maximum atomic E-state index is 11.9. The second kappa shape index (κ2) is 8.82. The topological polar surface area (TPSA) is 62.1 Å². The van der Waals surface area contributed by atoms with Crippen molar-refractivity contribution in [2.75, 3.05) is 6.54 Å². The molecule has 3 amide bonds. The highest BCUT2D eigenvalue weighted by molar-refractivity contribution is 5.93. The van der Waals surface area contributed by atoms with Gasteiger partial charge in [-0.15, -0.1) is 0 Å². The molecule has 0 atom stereocenters. The first kappa shape index (κ1) is 17.7. The van der Waals surface area contributed by atoms with Gasteiger partial charge in [-0.05, 0) is 23.5 Å². The van der Waals surface area contributed by atoms with Crippen LogP contribution in [0, 0.1) is 5.92 Å². The van der Waals surface area contributed by atoms with Crippen LogP contribution in [0.3, 0.4) is 0 Å². The van der Waals surface area contributed by atoms with Crippen LogP contribution in [0.15, 0.2) is 54.9 Å². The number of nitrogens with one attached hydrogen (secondary N) is 2. The van der Waals surface area contributed by atoms with E-state index in [1.165, 1.54) is 11.1 Å². The molecule has 0 unspecified atom stereocenters. The van der Waals surface area contributed by atoms with E-state index in [1.54, 1.807) is 4.57 Å². The standard InChI is InChI=1S/C19H23N3O2/c1-15(2)13-20-19(24)21-18(23)14-22-10-8-17(9-11-22)12-16-6-4-3-5-7-16/h3-11,15H,12-14H2,1-2H3,(H-,20,21,23,24)/p+1. The van der Waals surface area contributed by atoms with Crippen molar-refractivity contribution in [1.29, 1.82) is 0 Å². The molecule has 0 aliphatic rings. The molecule has 5 heteroatoms. The zero-order valence-corrected chi connectivity index (χ0v) is 14.2. The first-order chi connectivity index (χ1) is 11.5. The maximum absolute atomic E-state index is 11.9. The lowest BCUT2D eigenvalue weighted by atomic mass is 10.1. The van der Waals surface area contributed by atoms with Gasteiger partial charge in [0.2, 0.25) is 6.54 Å². The van der Waals surface area contributed by atoms with Gasteiger partial charge < -0.3 is 5.32 Å². The van der Waals surface area contributed by atoms with Crippen molar-refractivity contribution in [1.82, 2.24) is 10.6 Å². The fourth-order valence-electron chi connectivity index (χ4n) is 2.22. The van der Waals surface area contributed by atoms with Crippen LogP contribution in [-0.2, 0) is 17.8 Å². The van der Waals surface area contributed by atoms with Gasteiger partial charge in [-0.25, -0.2) is 4.79 Å². The lowest BCUT2D eigenvalue weighted by Gasteiger charge is -2.07. The smallest absolute Gasteiger partial charge is 0.321 e. The second-order valence-corrected chi connectivity index (χ2v) is 6.19. The summed E-state index contributed by atoms with van der Waals surface area (Å²) in [5, 5.41) is 4.98. The summed E-state index contributed by atoms with van der Waals surface area (Å²) in [6.45, 7) is 4.64. The minimum absolute atomic E-state index is 0.112. The number of amides is 3. The number of imide groups is 1. The van der Waals surface area contributed by atoms with Crippen molar-refractivity contribution in [3.8, 4) is 0 Å². The van der Waals surface area contributed by atoms with Gasteiger partial charge in [0, 0.05) is 18.7 Å². The molecular formula is C19H24N3O2+. The molecule has 0 saturated carbocycles. The fourth-order valence-corrected chi connectivity index (χ4v) is 2.22. The van der Waals surface area contributed by atoms with E-state index in [0.29, 0.717) is 12.5 Å². The molecule has 0 bridgehead atoms. The summed E-state index contributed by atoms with van der Waals surface area (Å²) in [4.78, 5) is 23.4. The third-order valence-electron chi connectivity index (χ3n) is 3.46. The molecule has 0 aliphatic heterocycles. The van der Waals surface area contributed by atoms with Gasteiger partial charge >= 0.3 is 6.03 Å². The number of carbonyl (C=O) groups is 2. The molecule has 2 rings (SSSR count). The average Bonchev–Trinajstić information content (AvgIpc) is 2.56. The summed E-state index contributed by atoms with van der Waals surface area (Å²) >= 11 is 0. The Balaban J connectivity index is 1.82. The minimum Gasteiger partial charge on any atom is -0.338 e. The van der Waals surface area contributed by atoms with Crippen molar-refractivity contribution in [3.63, 3.8) is 0 Å². The maximum Gasteiger partial charge on any atom is 0.321 e. The number of hydrogen-bond donors (Lipinski definition) is 2. The van der Waals surface area contributed by atoms with Crippen molar-refractivity contribution >= 4 is 11.9 Å². The number of hydrogen-bond acceptors (Lipinski definition) is 2. The van der Waals surface area contributed by atoms with Crippen LogP contribution in [0.2, 0.25) is 0 Å². The van der Waals surface area contributed by atoms with Crippen LogP contribution in [0.25, 0.3) is 0 Å². The highest BCUT2D eigenvalue weighted by Gasteiger charge is 2.12. The molecule has 24 heavy (non-hydrogen) atoms. The summed E-state index contributed by atoms with van der Waals surface area (Å²) in [5.41, 5.74) is 2.42. The van der Waals surface area contributed by atoms with Gasteiger partial charge in [0.1, 0.15) is 0 Å². The summed E-state index contributed by atoms with van der Waals surface area (Å²) in [5.74, 6) is 0.00875. The molecule has 0 spiro atoms. The van der Waals surface area contributed by atoms with E-state index in [1.807, 2.05) is 56.6 Å². The molecule has 126 valence electrons. The molecule has 0 radical (unpaired) electrons. The second-order valence-electron chi connectivity index (χ2n) is 6.19. The SMILES string of the molecule is CC(C)CNC(=O)NC(=O)C[n+]1ccc(Cc2ccccc2)cc1. The molecule has 5 nitrogen and oxygen atoms in total. The Hall–Kier alpha value is -2.69. The molecule has 2 N–H and O–H groups in total. The normalized spacial score (nSPS) is 10.5. The Labute approximate surface area is 142 Å². The van der Waals surface area contributed by atoms with Crippen LogP contribution in [0.5, 0.6) is 0 Å². The van der Waals surface area contributed by atoms with E-state index in [4.69, 9.17) is 0 Å². The van der Waals surface area contributed by atoms with E-state index in [-0.39, 0.29) is 12.5 Å². The highest BCUT2D eigenvalue weighted by Crippen LogP contribution is 2.07. The number of urea groups is 1. The van der Waals surface area contributed by atoms with Crippen LogP contribution in [0.1, 0.15) is 25.0 Å². The van der Waals surface area contributed by atoms with Crippen molar-refractivity contribution in [2.24, 2.45) is 5.92 Å². The Morgan fingerprint density at radius 3 is 2.25 bits per heavy atom. The van der Waals surface area contributed by atoms with E-state index >= 15 is 0 Å². The van der Waals surface area contributed by atoms with Crippen molar-refractivity contribution in [2.45, 2.75) is 26.8 Å². The van der Waals surface area contributed by atoms with E-state index < -0.39 is 6.03 Å². The monoisotopic (exact) mass is 326 g/mol. The number of benzene rings is 1. The quantitative estimate of drug-likeness (QED) is 0.798. The third-order valence-corrected chi connectivity index (χ3v) is 3.46. The van der Waals surface area contributed by atoms with Gasteiger partial charge in [0.25, 0.3) is 5.91 Å². The van der Waals surface area contributed by atoms with Crippen LogP contribution in [0.4, 0.5) is 4.79 Å². The zero-order chi connectivity index (χ0) is 17.4. The van der Waals surface area contributed by atoms with Crippen LogP contribution in [-0.4, -0.2) is 18.5 Å². The first-order valence-electron chi connectivity index (χ1n) is 8.12. The van der Waals surface area contributed by atoms with Gasteiger partial charge in [-0.1, -0.05) is 44.2 Å². The molecule has 0 saturated heterocycles. The number of rotatable bonds is 6. The molecule has 1 aromatic heterocycles.